The number of nitrogens with one attached hydrogen (secondary N) is 2. The molecule has 0 aliphatic carbocycles. The van der Waals surface area contributed by atoms with E-state index >= 15 is 0 Å². The van der Waals surface area contributed by atoms with E-state index in [2.05, 4.69) is 15.6 Å². The number of hydrogen-bond acceptors (Lipinski definition) is 6. The Kier molecular flexibility index (Phi) is 4.98. The maximum Gasteiger partial charge on any atom is 0.265 e. The molecule has 1 aliphatic heterocycles. The van der Waals surface area contributed by atoms with Gasteiger partial charge in [0, 0.05) is 19.7 Å². The monoisotopic (exact) mass is 284 g/mol. The number of nitrogen functional groups attached to an aromatic ring is 1. The second kappa shape index (κ2) is 6.72. The van der Waals surface area contributed by atoms with E-state index in [0.717, 1.165) is 32.4 Å². The van der Waals surface area contributed by atoms with Crippen LogP contribution in [0.5, 0.6) is 0 Å². The fourth-order valence-electron chi connectivity index (χ4n) is 1.98. The number of thiazole rings is 1. The normalized spacial score (nSPS) is 19.1. The highest BCUT2D eigenvalue weighted by molar-refractivity contribution is 7.18. The summed E-state index contributed by atoms with van der Waals surface area (Å²) in [5, 5.41) is 6.60. The van der Waals surface area contributed by atoms with Gasteiger partial charge in [0.25, 0.3) is 5.91 Å². The van der Waals surface area contributed by atoms with Crippen molar-refractivity contribution < 1.29 is 9.53 Å². The molecule has 6 nitrogen and oxygen atoms in total. The van der Waals surface area contributed by atoms with Crippen molar-refractivity contribution in [3.63, 3.8) is 0 Å². The van der Waals surface area contributed by atoms with Gasteiger partial charge < -0.3 is 21.1 Å². The number of hydrogen-bond donors (Lipinski definition) is 3. The molecule has 4 N–H and O–H groups in total. The summed E-state index contributed by atoms with van der Waals surface area (Å²) in [6, 6.07) is 0. The first-order valence-electron chi connectivity index (χ1n) is 6.60. The number of aromatic nitrogens is 1. The van der Waals surface area contributed by atoms with Crippen molar-refractivity contribution in [1.29, 1.82) is 0 Å². The Morgan fingerprint density at radius 1 is 1.58 bits per heavy atom. The average molecular weight is 284 g/mol. The summed E-state index contributed by atoms with van der Waals surface area (Å²) >= 11 is 1.28. The molecule has 1 aromatic heterocycles. The van der Waals surface area contributed by atoms with Gasteiger partial charge in [0.15, 0.2) is 5.13 Å². The molecule has 1 saturated heterocycles. The molecule has 106 valence electrons. The quantitative estimate of drug-likeness (QED) is 0.761. The SMILES string of the molecule is CCNc1nc(N)c(C(=O)NCC2CCCCO2)s1. The van der Waals surface area contributed by atoms with Crippen molar-refractivity contribution in [3.8, 4) is 0 Å². The van der Waals surface area contributed by atoms with Crippen molar-refractivity contribution in [2.45, 2.75) is 32.3 Å². The van der Waals surface area contributed by atoms with E-state index in [9.17, 15) is 4.79 Å². The highest BCUT2D eigenvalue weighted by atomic mass is 32.1. The molecule has 7 heteroatoms. The topological polar surface area (TPSA) is 89.3 Å². The van der Waals surface area contributed by atoms with Gasteiger partial charge in [-0.2, -0.15) is 0 Å². The zero-order valence-electron chi connectivity index (χ0n) is 11.1. The van der Waals surface area contributed by atoms with Crippen LogP contribution in [0.1, 0.15) is 35.9 Å². The third-order valence-electron chi connectivity index (χ3n) is 2.95. The number of nitrogens with two attached hydrogens (primary N) is 1. The lowest BCUT2D eigenvalue weighted by atomic mass is 10.1. The maximum absolute atomic E-state index is 12.0. The summed E-state index contributed by atoms with van der Waals surface area (Å²) in [6.07, 6.45) is 3.40. The van der Waals surface area contributed by atoms with Crippen LogP contribution in [0.25, 0.3) is 0 Å². The Balaban J connectivity index is 1.88. The summed E-state index contributed by atoms with van der Waals surface area (Å²) in [4.78, 5) is 16.6. The minimum atomic E-state index is -0.173. The molecule has 19 heavy (non-hydrogen) atoms. The largest absolute Gasteiger partial charge is 0.382 e. The third kappa shape index (κ3) is 3.81. The number of nitrogens with zero attached hydrogens (tertiary/aromatic N) is 1. The number of carbonyl (C=O) groups is 1. The van der Waals surface area contributed by atoms with Crippen LogP contribution in [0.2, 0.25) is 0 Å². The predicted molar refractivity (Wildman–Crippen MR) is 76.6 cm³/mol. The minimum absolute atomic E-state index is 0.125. The third-order valence-corrected chi connectivity index (χ3v) is 3.98. The Labute approximate surface area is 116 Å². The zero-order valence-corrected chi connectivity index (χ0v) is 11.9. The lowest BCUT2D eigenvalue weighted by Gasteiger charge is -2.22. The van der Waals surface area contributed by atoms with Crippen molar-refractivity contribution in [2.24, 2.45) is 0 Å². The number of amides is 1. The molecule has 2 heterocycles. The molecule has 2 rings (SSSR count). The summed E-state index contributed by atoms with van der Waals surface area (Å²) < 4.78 is 5.57. The van der Waals surface area contributed by atoms with Crippen LogP contribution in [0.15, 0.2) is 0 Å². The van der Waals surface area contributed by atoms with Crippen LogP contribution >= 0.6 is 11.3 Å². The fraction of sp³-hybridized carbons (Fsp3) is 0.667. The molecule has 0 aromatic carbocycles. The van der Waals surface area contributed by atoms with Gasteiger partial charge in [0.1, 0.15) is 10.7 Å². The minimum Gasteiger partial charge on any atom is -0.382 e. The molecule has 1 atom stereocenters. The molecule has 0 bridgehead atoms. The molecule has 1 fully saturated rings. The Morgan fingerprint density at radius 2 is 2.42 bits per heavy atom. The van der Waals surface area contributed by atoms with E-state index in [1.807, 2.05) is 6.92 Å². The second-order valence-corrected chi connectivity index (χ2v) is 5.46. The number of carbonyl (C=O) groups excluding carboxylic acids is 1. The average Bonchev–Trinajstić information content (AvgIpc) is 2.79. The van der Waals surface area contributed by atoms with Crippen molar-refractivity contribution in [3.05, 3.63) is 4.88 Å². The summed E-state index contributed by atoms with van der Waals surface area (Å²) in [7, 11) is 0. The number of anilines is 2. The Morgan fingerprint density at radius 3 is 3.11 bits per heavy atom. The molecule has 0 radical (unpaired) electrons. The Hall–Kier alpha value is -1.34. The van der Waals surface area contributed by atoms with Crippen LogP contribution in [-0.4, -0.2) is 36.7 Å². The van der Waals surface area contributed by atoms with E-state index in [0.29, 0.717) is 16.6 Å². The van der Waals surface area contributed by atoms with Gasteiger partial charge in [0.05, 0.1) is 6.10 Å². The summed E-state index contributed by atoms with van der Waals surface area (Å²) in [5.74, 6) is 0.108. The van der Waals surface area contributed by atoms with Crippen LogP contribution in [0, 0.1) is 0 Å². The molecule has 1 aromatic rings. The standard InChI is InChI=1S/C12H20N4O2S/c1-2-14-12-16-10(13)9(19-12)11(17)15-7-8-5-3-4-6-18-8/h8H,2-7,13H2,1H3,(H,14,16)(H,15,17). The lowest BCUT2D eigenvalue weighted by molar-refractivity contribution is 0.0169. The first kappa shape index (κ1) is 14.1. The van der Waals surface area contributed by atoms with Crippen LogP contribution < -0.4 is 16.4 Å². The maximum atomic E-state index is 12.0. The highest BCUT2D eigenvalue weighted by Crippen LogP contribution is 2.24. The van der Waals surface area contributed by atoms with Gasteiger partial charge in [0.2, 0.25) is 0 Å². The lowest BCUT2D eigenvalue weighted by Crippen LogP contribution is -2.35. The summed E-state index contributed by atoms with van der Waals surface area (Å²) in [5.41, 5.74) is 5.75. The molecule has 1 aliphatic rings. The Bertz CT molecular complexity index is 429. The van der Waals surface area contributed by atoms with E-state index in [-0.39, 0.29) is 17.8 Å². The molecular formula is C12H20N4O2S. The van der Waals surface area contributed by atoms with Gasteiger partial charge in [-0.3, -0.25) is 4.79 Å². The summed E-state index contributed by atoms with van der Waals surface area (Å²) in [6.45, 7) is 4.04. The van der Waals surface area contributed by atoms with Crippen LogP contribution in [0.4, 0.5) is 10.9 Å². The second-order valence-electron chi connectivity index (χ2n) is 4.46. The van der Waals surface area contributed by atoms with Gasteiger partial charge in [-0.1, -0.05) is 11.3 Å². The van der Waals surface area contributed by atoms with Crippen molar-refractivity contribution in [1.82, 2.24) is 10.3 Å². The van der Waals surface area contributed by atoms with Gasteiger partial charge >= 0.3 is 0 Å². The van der Waals surface area contributed by atoms with Crippen molar-refractivity contribution in [2.75, 3.05) is 30.7 Å². The smallest absolute Gasteiger partial charge is 0.265 e. The molecule has 1 amide bonds. The van der Waals surface area contributed by atoms with E-state index in [1.165, 1.54) is 11.3 Å². The predicted octanol–water partition coefficient (Wildman–Crippen LogP) is 1.46. The zero-order chi connectivity index (χ0) is 13.7. The highest BCUT2D eigenvalue weighted by Gasteiger charge is 2.19. The van der Waals surface area contributed by atoms with Crippen molar-refractivity contribution >= 4 is 28.2 Å². The van der Waals surface area contributed by atoms with E-state index in [1.54, 1.807) is 0 Å². The van der Waals surface area contributed by atoms with Gasteiger partial charge in [-0.05, 0) is 26.2 Å². The molecule has 1 unspecified atom stereocenters. The molecule has 0 saturated carbocycles. The van der Waals surface area contributed by atoms with Gasteiger partial charge in [-0.15, -0.1) is 0 Å². The van der Waals surface area contributed by atoms with Crippen LogP contribution in [-0.2, 0) is 4.74 Å². The first-order chi connectivity index (χ1) is 9.20. The number of ether oxygens (including phenoxy) is 1. The number of rotatable bonds is 5. The van der Waals surface area contributed by atoms with Gasteiger partial charge in [-0.25, -0.2) is 4.98 Å². The fourth-order valence-corrected chi connectivity index (χ4v) is 2.85. The molecule has 0 spiro atoms. The molecular weight excluding hydrogens is 264 g/mol. The van der Waals surface area contributed by atoms with E-state index < -0.39 is 0 Å². The van der Waals surface area contributed by atoms with E-state index in [4.69, 9.17) is 10.5 Å². The van der Waals surface area contributed by atoms with Crippen LogP contribution in [0.3, 0.4) is 0 Å². The first-order valence-corrected chi connectivity index (χ1v) is 7.42.